The van der Waals surface area contributed by atoms with Gasteiger partial charge in [0, 0.05) is 6.54 Å². The third-order valence-electron chi connectivity index (χ3n) is 4.80. The number of carbonyl (C=O) groups excluding carboxylic acids is 1. The molecule has 3 heteroatoms. The smallest absolute Gasteiger partial charge is 0.325 e. The Morgan fingerprint density at radius 3 is 2.48 bits per heavy atom. The van der Waals surface area contributed by atoms with Crippen molar-refractivity contribution in [1.82, 2.24) is 4.90 Å². The molecule has 1 heterocycles. The highest BCUT2D eigenvalue weighted by atomic mass is 16.5. The Labute approximate surface area is 147 Å². The number of hydrogen-bond acceptors (Lipinski definition) is 3. The van der Waals surface area contributed by atoms with Crippen molar-refractivity contribution in [3.8, 4) is 0 Å². The van der Waals surface area contributed by atoms with E-state index in [4.69, 9.17) is 4.74 Å². The largest absolute Gasteiger partial charge is 0.465 e. The number of esters is 1. The molecule has 1 fully saturated rings. The van der Waals surface area contributed by atoms with Crippen molar-refractivity contribution in [3.63, 3.8) is 0 Å². The minimum atomic E-state index is -0.203. The van der Waals surface area contributed by atoms with Crippen molar-refractivity contribution < 1.29 is 9.53 Å². The number of ether oxygens (including phenoxy) is 1. The van der Waals surface area contributed by atoms with Crippen molar-refractivity contribution in [2.75, 3.05) is 6.61 Å². The molecule has 4 rings (SSSR count). The third kappa shape index (κ3) is 3.03. The first-order valence-electron chi connectivity index (χ1n) is 8.73. The van der Waals surface area contributed by atoms with Gasteiger partial charge in [0.05, 0.1) is 12.6 Å². The van der Waals surface area contributed by atoms with Crippen LogP contribution in [0.5, 0.6) is 0 Å². The highest BCUT2D eigenvalue weighted by Gasteiger charge is 2.54. The van der Waals surface area contributed by atoms with Crippen LogP contribution in [0.4, 0.5) is 0 Å². The molecule has 0 bridgehead atoms. The summed E-state index contributed by atoms with van der Waals surface area (Å²) in [6.07, 6.45) is 0. The van der Waals surface area contributed by atoms with E-state index in [0.717, 1.165) is 6.54 Å². The van der Waals surface area contributed by atoms with Gasteiger partial charge in [0.25, 0.3) is 0 Å². The number of fused-ring (bicyclic) bond motifs is 1. The van der Waals surface area contributed by atoms with Crippen LogP contribution in [-0.4, -0.2) is 23.5 Å². The summed E-state index contributed by atoms with van der Waals surface area (Å²) in [6.45, 7) is 3.02. The zero-order valence-corrected chi connectivity index (χ0v) is 14.3. The van der Waals surface area contributed by atoms with Crippen molar-refractivity contribution in [3.05, 3.63) is 83.9 Å². The van der Waals surface area contributed by atoms with Gasteiger partial charge in [-0.25, -0.2) is 0 Å². The quantitative estimate of drug-likeness (QED) is 0.515. The predicted molar refractivity (Wildman–Crippen MR) is 99.1 cm³/mol. The topological polar surface area (TPSA) is 29.3 Å². The van der Waals surface area contributed by atoms with Crippen LogP contribution in [0.15, 0.2) is 72.8 Å². The summed E-state index contributed by atoms with van der Waals surface area (Å²) >= 11 is 0. The predicted octanol–water partition coefficient (Wildman–Crippen LogP) is 4.33. The summed E-state index contributed by atoms with van der Waals surface area (Å²) < 4.78 is 5.32. The van der Waals surface area contributed by atoms with Crippen LogP contribution in [0, 0.1) is 0 Å². The van der Waals surface area contributed by atoms with Crippen LogP contribution < -0.4 is 0 Å². The molecule has 3 aromatic carbocycles. The number of hydrogen-bond donors (Lipinski definition) is 0. The van der Waals surface area contributed by atoms with Crippen molar-refractivity contribution in [1.29, 1.82) is 0 Å². The van der Waals surface area contributed by atoms with E-state index in [9.17, 15) is 4.79 Å². The lowest BCUT2D eigenvalue weighted by Gasteiger charge is -2.07. The second-order valence-corrected chi connectivity index (χ2v) is 6.37. The van der Waals surface area contributed by atoms with E-state index >= 15 is 0 Å². The Balaban J connectivity index is 1.69. The minimum absolute atomic E-state index is 0.0744. The van der Waals surface area contributed by atoms with Crippen molar-refractivity contribution in [2.24, 2.45) is 0 Å². The average molecular weight is 331 g/mol. The Bertz CT molecular complexity index is 885. The van der Waals surface area contributed by atoms with Crippen LogP contribution in [-0.2, 0) is 16.1 Å². The standard InChI is InChI=1S/C22H21NO2/c1-2-25-22(24)21-20(23(21)15-16-9-4-3-5-10-16)19-14-8-12-17-11-6-7-13-18(17)19/h3-14,20-21H,2,15H2,1H3. The second-order valence-electron chi connectivity index (χ2n) is 6.37. The van der Waals surface area contributed by atoms with Gasteiger partial charge < -0.3 is 4.74 Å². The van der Waals surface area contributed by atoms with Gasteiger partial charge in [0.1, 0.15) is 6.04 Å². The summed E-state index contributed by atoms with van der Waals surface area (Å²) in [5, 5.41) is 2.41. The lowest BCUT2D eigenvalue weighted by Crippen LogP contribution is -2.16. The number of carbonyl (C=O) groups is 1. The summed E-state index contributed by atoms with van der Waals surface area (Å²) in [6, 6.07) is 24.8. The molecule has 3 aromatic rings. The number of nitrogens with zero attached hydrogens (tertiary/aromatic N) is 1. The summed E-state index contributed by atoms with van der Waals surface area (Å²) in [5.74, 6) is -0.128. The van der Waals surface area contributed by atoms with E-state index in [1.54, 1.807) is 0 Å². The third-order valence-corrected chi connectivity index (χ3v) is 4.80. The van der Waals surface area contributed by atoms with E-state index in [1.807, 2.05) is 31.2 Å². The molecule has 1 saturated heterocycles. The van der Waals surface area contributed by atoms with E-state index < -0.39 is 0 Å². The zero-order chi connectivity index (χ0) is 17.2. The fourth-order valence-corrected chi connectivity index (χ4v) is 3.62. The van der Waals surface area contributed by atoms with Crippen molar-refractivity contribution >= 4 is 16.7 Å². The summed E-state index contributed by atoms with van der Waals surface area (Å²) in [5.41, 5.74) is 2.41. The van der Waals surface area contributed by atoms with Gasteiger partial charge in [-0.1, -0.05) is 72.8 Å². The molecule has 0 aliphatic carbocycles. The Morgan fingerprint density at radius 2 is 1.68 bits per heavy atom. The van der Waals surface area contributed by atoms with Gasteiger partial charge in [0.2, 0.25) is 0 Å². The van der Waals surface area contributed by atoms with E-state index in [2.05, 4.69) is 53.4 Å². The fraction of sp³-hybridized carbons (Fsp3) is 0.227. The Hall–Kier alpha value is -2.65. The van der Waals surface area contributed by atoms with Gasteiger partial charge >= 0.3 is 5.97 Å². The first-order valence-corrected chi connectivity index (χ1v) is 8.73. The van der Waals surface area contributed by atoms with Gasteiger partial charge in [-0.05, 0) is 28.8 Å². The normalized spacial score (nSPS) is 21.9. The maximum absolute atomic E-state index is 12.5. The van der Waals surface area contributed by atoms with Crippen molar-refractivity contribution in [2.45, 2.75) is 25.6 Å². The molecule has 0 aromatic heterocycles. The maximum atomic E-state index is 12.5. The van der Waals surface area contributed by atoms with Crippen LogP contribution in [0.25, 0.3) is 10.8 Å². The molecule has 3 atom stereocenters. The Kier molecular flexibility index (Phi) is 4.24. The van der Waals surface area contributed by atoms with Gasteiger partial charge in [-0.15, -0.1) is 0 Å². The average Bonchev–Trinajstić information content (AvgIpc) is 3.36. The molecule has 0 amide bonds. The first kappa shape index (κ1) is 15.9. The van der Waals surface area contributed by atoms with Crippen LogP contribution in [0.3, 0.4) is 0 Å². The second kappa shape index (κ2) is 6.69. The number of rotatable bonds is 5. The zero-order valence-electron chi connectivity index (χ0n) is 14.3. The van der Waals surface area contributed by atoms with E-state index in [-0.39, 0.29) is 18.1 Å². The summed E-state index contributed by atoms with van der Waals surface area (Å²) in [7, 11) is 0. The molecule has 126 valence electrons. The van der Waals surface area contributed by atoms with Crippen LogP contribution >= 0.6 is 0 Å². The number of benzene rings is 3. The van der Waals surface area contributed by atoms with Gasteiger partial charge in [-0.2, -0.15) is 0 Å². The molecule has 25 heavy (non-hydrogen) atoms. The fourth-order valence-electron chi connectivity index (χ4n) is 3.62. The SMILES string of the molecule is CCOC(=O)C1C(c2cccc3ccccc23)N1Cc1ccccc1. The van der Waals surface area contributed by atoms with E-state index in [1.165, 1.54) is 21.9 Å². The highest BCUT2D eigenvalue weighted by Crippen LogP contribution is 2.47. The van der Waals surface area contributed by atoms with Gasteiger partial charge in [-0.3, -0.25) is 9.69 Å². The molecule has 3 nitrogen and oxygen atoms in total. The highest BCUT2D eigenvalue weighted by molar-refractivity contribution is 5.89. The molecule has 0 radical (unpaired) electrons. The molecule has 0 saturated carbocycles. The molecule has 1 aliphatic heterocycles. The first-order chi connectivity index (χ1) is 12.3. The lowest BCUT2D eigenvalue weighted by molar-refractivity contribution is -0.143. The molecule has 3 unspecified atom stereocenters. The minimum Gasteiger partial charge on any atom is -0.465 e. The molecule has 0 N–H and O–H groups in total. The monoisotopic (exact) mass is 331 g/mol. The lowest BCUT2D eigenvalue weighted by atomic mass is 10.0. The molecule has 0 spiro atoms. The van der Waals surface area contributed by atoms with E-state index in [0.29, 0.717) is 6.61 Å². The maximum Gasteiger partial charge on any atom is 0.325 e. The molecular weight excluding hydrogens is 310 g/mol. The van der Waals surface area contributed by atoms with Crippen LogP contribution in [0.2, 0.25) is 0 Å². The molecule has 1 aliphatic rings. The van der Waals surface area contributed by atoms with Crippen LogP contribution in [0.1, 0.15) is 24.1 Å². The Morgan fingerprint density at radius 1 is 0.960 bits per heavy atom. The summed E-state index contributed by atoms with van der Waals surface area (Å²) in [4.78, 5) is 14.7. The molecular formula is C22H21NO2. The van der Waals surface area contributed by atoms with Gasteiger partial charge in [0.15, 0.2) is 0 Å².